The third-order valence-electron chi connectivity index (χ3n) is 5.77. The van der Waals surface area contributed by atoms with Crippen LogP contribution in [-0.2, 0) is 25.5 Å². The zero-order valence-electron chi connectivity index (χ0n) is 19.6. The summed E-state index contributed by atoms with van der Waals surface area (Å²) in [4.78, 5) is 38.1. The number of nitrogens with zero attached hydrogens (tertiary/aromatic N) is 1. The molecule has 176 valence electrons. The molecular weight excluding hydrogens is 450 g/mol. The van der Waals surface area contributed by atoms with E-state index in [-0.39, 0.29) is 22.3 Å². The highest BCUT2D eigenvalue weighted by Gasteiger charge is 2.44. The molecular formula is C26H27N3O4S. The Morgan fingerprint density at radius 3 is 2.50 bits per heavy atom. The molecule has 2 N–H and O–H groups in total. The standard InChI is InChI=1S/C26H27N3O4S/c1-5-17-8-6-7-16(3)23(17)28-20(30)14-34-25-19(13-27)21(18-11-9-15(2)10-12-18)22(24(31)29-25)26(32)33-4/h6-12,21-22H,5,14H2,1-4H3,(H,28,30)(H,29,31)/t21-,22-/m1/s1. The number of ether oxygens (including phenoxy) is 1. The SMILES string of the molecule is CCc1cccc(C)c1NC(=O)CSC1=C(C#N)[C@@H](c2ccc(C)cc2)[C@@H](C(=O)OC)C(=O)N1. The van der Waals surface area contributed by atoms with Crippen molar-refractivity contribution >= 4 is 35.2 Å². The van der Waals surface area contributed by atoms with Crippen molar-refractivity contribution in [3.63, 3.8) is 0 Å². The van der Waals surface area contributed by atoms with E-state index < -0.39 is 23.7 Å². The lowest BCUT2D eigenvalue weighted by Gasteiger charge is -2.31. The van der Waals surface area contributed by atoms with E-state index in [0.717, 1.165) is 40.6 Å². The maximum atomic E-state index is 12.9. The highest BCUT2D eigenvalue weighted by molar-refractivity contribution is 8.03. The van der Waals surface area contributed by atoms with E-state index in [1.165, 1.54) is 7.11 Å². The first-order valence-electron chi connectivity index (χ1n) is 10.9. The summed E-state index contributed by atoms with van der Waals surface area (Å²) in [6.45, 7) is 5.87. The van der Waals surface area contributed by atoms with E-state index in [9.17, 15) is 19.6 Å². The molecule has 0 radical (unpaired) electrons. The van der Waals surface area contributed by atoms with Crippen molar-refractivity contribution in [1.29, 1.82) is 5.26 Å². The molecule has 0 bridgehead atoms. The number of aryl methyl sites for hydroxylation is 3. The normalized spacial score (nSPS) is 17.6. The fourth-order valence-electron chi connectivity index (χ4n) is 3.97. The quantitative estimate of drug-likeness (QED) is 0.461. The third-order valence-corrected chi connectivity index (χ3v) is 6.79. The van der Waals surface area contributed by atoms with E-state index in [1.807, 2.05) is 51.1 Å². The van der Waals surface area contributed by atoms with Crippen LogP contribution in [0.15, 0.2) is 53.1 Å². The molecule has 0 fully saturated rings. The van der Waals surface area contributed by atoms with Gasteiger partial charge in [-0.3, -0.25) is 14.4 Å². The third kappa shape index (κ3) is 5.32. The van der Waals surface area contributed by atoms with Crippen LogP contribution in [0.2, 0.25) is 0 Å². The first kappa shape index (κ1) is 25.1. The van der Waals surface area contributed by atoms with Gasteiger partial charge in [-0.1, -0.05) is 66.7 Å². The second-order valence-corrected chi connectivity index (χ2v) is 9.02. The maximum Gasteiger partial charge on any atom is 0.319 e. The molecule has 0 aliphatic carbocycles. The fourth-order valence-corrected chi connectivity index (χ4v) is 4.82. The molecule has 0 unspecified atom stereocenters. The van der Waals surface area contributed by atoms with E-state index in [0.29, 0.717) is 5.56 Å². The fraction of sp³-hybridized carbons (Fsp3) is 0.308. The summed E-state index contributed by atoms with van der Waals surface area (Å²) in [6.07, 6.45) is 0.775. The summed E-state index contributed by atoms with van der Waals surface area (Å²) < 4.78 is 4.86. The highest BCUT2D eigenvalue weighted by atomic mass is 32.2. The number of allylic oxidation sites excluding steroid dienone is 1. The van der Waals surface area contributed by atoms with Gasteiger partial charge in [0.25, 0.3) is 0 Å². The van der Waals surface area contributed by atoms with Gasteiger partial charge in [0.1, 0.15) is 5.92 Å². The Kier molecular flexibility index (Phi) is 8.13. The minimum Gasteiger partial charge on any atom is -0.468 e. The molecule has 34 heavy (non-hydrogen) atoms. The van der Waals surface area contributed by atoms with Crippen LogP contribution in [0, 0.1) is 31.1 Å². The number of carbonyl (C=O) groups is 3. The van der Waals surface area contributed by atoms with Crippen molar-refractivity contribution in [2.24, 2.45) is 5.92 Å². The Hall–Kier alpha value is -3.57. The summed E-state index contributed by atoms with van der Waals surface area (Å²) in [7, 11) is 1.21. The van der Waals surface area contributed by atoms with Crippen molar-refractivity contribution in [3.05, 3.63) is 75.3 Å². The molecule has 0 aromatic heterocycles. The molecule has 2 atom stereocenters. The average molecular weight is 478 g/mol. The summed E-state index contributed by atoms with van der Waals surface area (Å²) in [5, 5.41) is 15.9. The van der Waals surface area contributed by atoms with Gasteiger partial charge >= 0.3 is 5.97 Å². The first-order valence-corrected chi connectivity index (χ1v) is 11.9. The zero-order valence-corrected chi connectivity index (χ0v) is 20.4. The van der Waals surface area contributed by atoms with Crippen molar-refractivity contribution in [3.8, 4) is 6.07 Å². The van der Waals surface area contributed by atoms with Crippen LogP contribution in [0.4, 0.5) is 5.69 Å². The monoisotopic (exact) mass is 477 g/mol. The lowest BCUT2D eigenvalue weighted by molar-refractivity contribution is -0.150. The van der Waals surface area contributed by atoms with Crippen LogP contribution in [0.3, 0.4) is 0 Å². The Morgan fingerprint density at radius 2 is 1.88 bits per heavy atom. The van der Waals surface area contributed by atoms with Gasteiger partial charge in [0.2, 0.25) is 11.8 Å². The summed E-state index contributed by atoms with van der Waals surface area (Å²) in [5.41, 5.74) is 4.66. The van der Waals surface area contributed by atoms with Gasteiger partial charge in [-0.2, -0.15) is 5.26 Å². The van der Waals surface area contributed by atoms with Crippen LogP contribution in [0.5, 0.6) is 0 Å². The van der Waals surface area contributed by atoms with Crippen molar-refractivity contribution < 1.29 is 19.1 Å². The predicted molar refractivity (Wildman–Crippen MR) is 132 cm³/mol. The number of rotatable bonds is 7. The van der Waals surface area contributed by atoms with Crippen LogP contribution in [-0.4, -0.2) is 30.6 Å². The van der Waals surface area contributed by atoms with Gasteiger partial charge in [-0.25, -0.2) is 0 Å². The van der Waals surface area contributed by atoms with E-state index in [4.69, 9.17) is 4.74 Å². The second-order valence-electron chi connectivity index (χ2n) is 8.03. The number of nitrogens with one attached hydrogen (secondary N) is 2. The first-order chi connectivity index (χ1) is 16.3. The van der Waals surface area contributed by atoms with E-state index >= 15 is 0 Å². The molecule has 0 saturated carbocycles. The van der Waals surface area contributed by atoms with E-state index in [1.54, 1.807) is 12.1 Å². The molecule has 0 spiro atoms. The molecule has 1 aliphatic rings. The maximum absolute atomic E-state index is 12.9. The Bertz CT molecular complexity index is 1180. The summed E-state index contributed by atoms with van der Waals surface area (Å²) >= 11 is 1.06. The molecule has 2 amide bonds. The zero-order chi connectivity index (χ0) is 24.8. The number of methoxy groups -OCH3 is 1. The Balaban J connectivity index is 1.90. The molecule has 0 saturated heterocycles. The molecule has 1 aliphatic heterocycles. The molecule has 8 heteroatoms. The number of amides is 2. The predicted octanol–water partition coefficient (Wildman–Crippen LogP) is 3.98. The molecule has 3 rings (SSSR count). The van der Waals surface area contributed by atoms with E-state index in [2.05, 4.69) is 16.7 Å². The van der Waals surface area contributed by atoms with Crippen LogP contribution >= 0.6 is 11.8 Å². The number of hydrogen-bond acceptors (Lipinski definition) is 6. The number of nitriles is 1. The molecule has 2 aromatic rings. The van der Waals surface area contributed by atoms with Gasteiger partial charge in [0.05, 0.1) is 29.5 Å². The number of para-hydroxylation sites is 1. The van der Waals surface area contributed by atoms with Gasteiger partial charge in [-0.05, 0) is 37.0 Å². The largest absolute Gasteiger partial charge is 0.468 e. The number of carbonyl (C=O) groups excluding carboxylic acids is 3. The van der Waals surface area contributed by atoms with Gasteiger partial charge in [-0.15, -0.1) is 0 Å². The summed E-state index contributed by atoms with van der Waals surface area (Å²) in [6, 6.07) is 15.3. The topological polar surface area (TPSA) is 108 Å². The van der Waals surface area contributed by atoms with Crippen molar-refractivity contribution in [2.75, 3.05) is 18.2 Å². The van der Waals surface area contributed by atoms with Crippen LogP contribution < -0.4 is 10.6 Å². The lowest BCUT2D eigenvalue weighted by Crippen LogP contribution is -2.44. The number of benzene rings is 2. The lowest BCUT2D eigenvalue weighted by atomic mass is 9.78. The second kappa shape index (κ2) is 11.0. The molecule has 7 nitrogen and oxygen atoms in total. The van der Waals surface area contributed by atoms with Gasteiger partial charge in [0.15, 0.2) is 0 Å². The summed E-state index contributed by atoms with van der Waals surface area (Å²) in [5.74, 6) is -3.55. The van der Waals surface area contributed by atoms with Crippen molar-refractivity contribution in [1.82, 2.24) is 5.32 Å². The number of thioether (sulfide) groups is 1. The minimum absolute atomic E-state index is 0.0121. The number of hydrogen-bond donors (Lipinski definition) is 2. The Labute approximate surface area is 203 Å². The molecule has 2 aromatic carbocycles. The Morgan fingerprint density at radius 1 is 1.18 bits per heavy atom. The van der Waals surface area contributed by atoms with Gasteiger partial charge in [0, 0.05) is 11.6 Å². The molecule has 1 heterocycles. The minimum atomic E-state index is -1.19. The van der Waals surface area contributed by atoms with Gasteiger partial charge < -0.3 is 15.4 Å². The van der Waals surface area contributed by atoms with Crippen molar-refractivity contribution in [2.45, 2.75) is 33.1 Å². The highest BCUT2D eigenvalue weighted by Crippen LogP contribution is 2.40. The average Bonchev–Trinajstić information content (AvgIpc) is 2.83. The number of esters is 1. The van der Waals surface area contributed by atoms with Crippen LogP contribution in [0.1, 0.15) is 35.1 Å². The smallest absolute Gasteiger partial charge is 0.319 e. The van der Waals surface area contributed by atoms with Crippen LogP contribution in [0.25, 0.3) is 0 Å². The number of anilines is 1.